The first-order valence-corrected chi connectivity index (χ1v) is 7.26. The van der Waals surface area contributed by atoms with Crippen molar-refractivity contribution in [2.75, 3.05) is 13.7 Å². The van der Waals surface area contributed by atoms with Crippen molar-refractivity contribution in [2.24, 2.45) is 5.41 Å². The molecule has 1 heterocycles. The fourth-order valence-electron chi connectivity index (χ4n) is 2.65. The van der Waals surface area contributed by atoms with E-state index in [4.69, 9.17) is 4.74 Å². The molecule has 0 aliphatic carbocycles. The van der Waals surface area contributed by atoms with Gasteiger partial charge in [-0.1, -0.05) is 42.5 Å². The van der Waals surface area contributed by atoms with Gasteiger partial charge in [-0.3, -0.25) is 9.59 Å². The van der Waals surface area contributed by atoms with Crippen LogP contribution in [0.25, 0.3) is 6.08 Å². The Morgan fingerprint density at radius 1 is 1.35 bits per heavy atom. The first-order chi connectivity index (χ1) is 11.0. The van der Waals surface area contributed by atoms with E-state index in [0.717, 1.165) is 5.56 Å². The molecular weight excluding hydrogens is 298 g/mol. The Kier molecular flexibility index (Phi) is 5.16. The van der Waals surface area contributed by atoms with Crippen LogP contribution in [0.2, 0.25) is 0 Å². The fraction of sp³-hybridized carbons (Fsp3) is 0.353. The molecule has 122 valence electrons. The molecule has 1 aliphatic heterocycles. The van der Waals surface area contributed by atoms with Gasteiger partial charge in [0.15, 0.2) is 5.41 Å². The molecule has 2 atom stereocenters. The van der Waals surface area contributed by atoms with Crippen molar-refractivity contribution in [2.45, 2.75) is 19.4 Å². The molecule has 6 heteroatoms. The Bertz CT molecular complexity index is 625. The summed E-state index contributed by atoms with van der Waals surface area (Å²) >= 11 is 0. The molecule has 2 rings (SSSR count). The zero-order chi connectivity index (χ0) is 16.9. The predicted octanol–water partition coefficient (Wildman–Crippen LogP) is 1.95. The summed E-state index contributed by atoms with van der Waals surface area (Å²) in [6, 6.07) is 8.52. The highest BCUT2D eigenvalue weighted by Crippen LogP contribution is 2.36. The Morgan fingerprint density at radius 2 is 2.04 bits per heavy atom. The van der Waals surface area contributed by atoms with E-state index in [1.54, 1.807) is 12.2 Å². The van der Waals surface area contributed by atoms with Gasteiger partial charge in [0.25, 0.3) is 0 Å². The van der Waals surface area contributed by atoms with Crippen molar-refractivity contribution in [3.8, 4) is 0 Å². The lowest BCUT2D eigenvalue weighted by molar-refractivity contribution is -0.151. The van der Waals surface area contributed by atoms with Crippen LogP contribution < -0.4 is 5.32 Å². The summed E-state index contributed by atoms with van der Waals surface area (Å²) in [5, 5.41) is 2.56. The van der Waals surface area contributed by atoms with Crippen LogP contribution in [0.1, 0.15) is 18.9 Å². The number of Topliss-reactive ketones (excluding diaryl/α,β-unsaturated/α-hetero) is 1. The van der Waals surface area contributed by atoms with Crippen LogP contribution in [-0.4, -0.2) is 37.6 Å². The van der Waals surface area contributed by atoms with Gasteiger partial charge in [-0.25, -0.2) is 4.79 Å². The summed E-state index contributed by atoms with van der Waals surface area (Å²) in [5.41, 5.74) is -0.534. The van der Waals surface area contributed by atoms with Gasteiger partial charge in [0.1, 0.15) is 5.78 Å². The van der Waals surface area contributed by atoms with Crippen LogP contribution in [0.4, 0.5) is 4.79 Å². The van der Waals surface area contributed by atoms with Crippen LogP contribution in [-0.2, 0) is 19.1 Å². The number of amides is 1. The van der Waals surface area contributed by atoms with E-state index in [1.807, 2.05) is 30.3 Å². The van der Waals surface area contributed by atoms with E-state index < -0.39 is 23.5 Å². The molecule has 0 bridgehead atoms. The molecule has 1 aliphatic rings. The highest BCUT2D eigenvalue weighted by Gasteiger charge is 2.54. The first-order valence-electron chi connectivity index (χ1n) is 7.26. The summed E-state index contributed by atoms with van der Waals surface area (Å²) in [6.07, 6.45) is 2.87. The average molecular weight is 317 g/mol. The second kappa shape index (κ2) is 7.09. The molecule has 0 radical (unpaired) electrons. The number of esters is 1. The third-order valence-electron chi connectivity index (χ3n) is 3.99. The monoisotopic (exact) mass is 317 g/mol. The number of hydrogen-bond donors (Lipinski definition) is 1. The number of alkyl carbamates (subject to hydrolysis) is 1. The minimum absolute atomic E-state index is 0.150. The van der Waals surface area contributed by atoms with E-state index in [0.29, 0.717) is 0 Å². The molecule has 0 unspecified atom stereocenters. The quantitative estimate of drug-likeness (QED) is 0.663. The van der Waals surface area contributed by atoms with E-state index in [9.17, 15) is 14.4 Å². The maximum Gasteiger partial charge on any atom is 0.407 e. The minimum atomic E-state index is -1.42. The van der Waals surface area contributed by atoms with E-state index >= 15 is 0 Å². The molecular formula is C17H19NO5. The lowest BCUT2D eigenvalue weighted by Crippen LogP contribution is -2.53. The van der Waals surface area contributed by atoms with E-state index in [-0.39, 0.29) is 18.8 Å². The van der Waals surface area contributed by atoms with Crippen LogP contribution in [0.3, 0.4) is 0 Å². The van der Waals surface area contributed by atoms with Gasteiger partial charge in [-0.05, 0) is 12.5 Å². The predicted molar refractivity (Wildman–Crippen MR) is 83.5 cm³/mol. The van der Waals surface area contributed by atoms with Crippen molar-refractivity contribution >= 4 is 23.9 Å². The third-order valence-corrected chi connectivity index (χ3v) is 3.99. The van der Waals surface area contributed by atoms with Gasteiger partial charge in [-0.2, -0.15) is 0 Å². The van der Waals surface area contributed by atoms with Gasteiger partial charge in [0.05, 0.1) is 19.8 Å². The molecule has 1 amide bonds. The Hall–Kier alpha value is -2.63. The summed E-state index contributed by atoms with van der Waals surface area (Å²) in [4.78, 5) is 36.0. The molecule has 6 nitrogen and oxygen atoms in total. The van der Waals surface area contributed by atoms with Gasteiger partial charge in [0.2, 0.25) is 0 Å². The van der Waals surface area contributed by atoms with Crippen molar-refractivity contribution in [1.29, 1.82) is 0 Å². The lowest BCUT2D eigenvalue weighted by Gasteiger charge is -2.29. The van der Waals surface area contributed by atoms with Crippen molar-refractivity contribution in [1.82, 2.24) is 5.32 Å². The van der Waals surface area contributed by atoms with Gasteiger partial charge in [0, 0.05) is 6.42 Å². The second-order valence-electron chi connectivity index (χ2n) is 5.30. The maximum atomic E-state index is 12.2. The number of ketones is 1. The minimum Gasteiger partial charge on any atom is -0.465 e. The number of rotatable bonds is 5. The largest absolute Gasteiger partial charge is 0.465 e. The van der Waals surface area contributed by atoms with Gasteiger partial charge in [-0.15, -0.1) is 0 Å². The molecule has 0 saturated carbocycles. The van der Waals surface area contributed by atoms with Gasteiger partial charge < -0.3 is 14.8 Å². The fourth-order valence-corrected chi connectivity index (χ4v) is 2.65. The number of nitrogens with one attached hydrogen (secondary N) is 1. The molecule has 1 saturated heterocycles. The number of benzene rings is 1. The Labute approximate surface area is 134 Å². The van der Waals surface area contributed by atoms with Crippen molar-refractivity contribution in [3.05, 3.63) is 42.0 Å². The van der Waals surface area contributed by atoms with Crippen LogP contribution in [0, 0.1) is 5.41 Å². The summed E-state index contributed by atoms with van der Waals surface area (Å²) in [6.45, 7) is 1.48. The normalized spacial score (nSPS) is 21.7. The number of carbonyl (C=O) groups excluding carboxylic acids is 3. The number of hydrogen-bond acceptors (Lipinski definition) is 5. The van der Waals surface area contributed by atoms with Crippen LogP contribution >= 0.6 is 0 Å². The third kappa shape index (κ3) is 3.41. The Morgan fingerprint density at radius 3 is 2.57 bits per heavy atom. The smallest absolute Gasteiger partial charge is 0.407 e. The molecule has 1 N–H and O–H groups in total. The zero-order valence-electron chi connectivity index (χ0n) is 13.1. The maximum absolute atomic E-state index is 12.2. The SMILES string of the molecule is COC(=O)N[C@@H](/C=C/c1ccccc1)[C@]1(C(C)=O)CCOC1=O. The highest BCUT2D eigenvalue weighted by molar-refractivity contribution is 6.05. The first kappa shape index (κ1) is 16.7. The molecule has 1 fully saturated rings. The highest BCUT2D eigenvalue weighted by atomic mass is 16.5. The molecule has 1 aromatic rings. The second-order valence-corrected chi connectivity index (χ2v) is 5.30. The van der Waals surface area contributed by atoms with Crippen molar-refractivity contribution in [3.63, 3.8) is 0 Å². The summed E-state index contributed by atoms with van der Waals surface area (Å²) in [7, 11) is 1.22. The summed E-state index contributed by atoms with van der Waals surface area (Å²) < 4.78 is 9.60. The molecule has 23 heavy (non-hydrogen) atoms. The standard InChI is InChI=1S/C17H19NO5/c1-12(19)17(10-11-23-15(17)20)14(18-16(21)22-2)9-8-13-6-4-3-5-7-13/h3-9,14H,10-11H2,1-2H3,(H,18,21)/b9-8+/t14-,17+/m0/s1. The summed E-state index contributed by atoms with van der Waals surface area (Å²) in [5.74, 6) is -0.969. The number of cyclic esters (lactones) is 1. The number of methoxy groups -OCH3 is 1. The van der Waals surface area contributed by atoms with Gasteiger partial charge >= 0.3 is 12.1 Å². The van der Waals surface area contributed by atoms with E-state index in [2.05, 4.69) is 10.1 Å². The van der Waals surface area contributed by atoms with Crippen LogP contribution in [0.5, 0.6) is 0 Å². The van der Waals surface area contributed by atoms with Crippen molar-refractivity contribution < 1.29 is 23.9 Å². The molecule has 1 aromatic carbocycles. The molecule has 0 aromatic heterocycles. The molecule has 0 spiro atoms. The lowest BCUT2D eigenvalue weighted by atomic mass is 9.75. The number of carbonyl (C=O) groups is 3. The zero-order valence-corrected chi connectivity index (χ0v) is 13.1. The topological polar surface area (TPSA) is 81.7 Å². The average Bonchev–Trinajstić information content (AvgIpc) is 2.94. The number of ether oxygens (including phenoxy) is 2. The Balaban J connectivity index is 2.36. The van der Waals surface area contributed by atoms with E-state index in [1.165, 1.54) is 14.0 Å². The van der Waals surface area contributed by atoms with Crippen LogP contribution in [0.15, 0.2) is 36.4 Å².